The fraction of sp³-hybridized carbons (Fsp3) is 0.200. The van der Waals surface area contributed by atoms with Gasteiger partial charge in [-0.1, -0.05) is 22.0 Å². The predicted octanol–water partition coefficient (Wildman–Crippen LogP) is 4.64. The first-order chi connectivity index (χ1) is 9.51. The molecule has 5 heteroatoms. The SMILES string of the molecule is COc1ccc(CC(O)c2cc(Br)ccc2F)cc1Br. The van der Waals surface area contributed by atoms with Crippen molar-refractivity contribution in [2.75, 3.05) is 7.11 Å². The monoisotopic (exact) mass is 402 g/mol. The van der Waals surface area contributed by atoms with Gasteiger partial charge < -0.3 is 9.84 Å². The Hall–Kier alpha value is -0.910. The zero-order valence-electron chi connectivity index (χ0n) is 10.7. The van der Waals surface area contributed by atoms with Gasteiger partial charge in [0.1, 0.15) is 11.6 Å². The van der Waals surface area contributed by atoms with Crippen LogP contribution < -0.4 is 4.74 Å². The number of ether oxygens (including phenoxy) is 1. The summed E-state index contributed by atoms with van der Waals surface area (Å²) < 4.78 is 20.4. The van der Waals surface area contributed by atoms with Crippen molar-refractivity contribution in [2.24, 2.45) is 0 Å². The van der Waals surface area contributed by atoms with E-state index in [2.05, 4.69) is 31.9 Å². The molecule has 0 heterocycles. The highest BCUT2D eigenvalue weighted by molar-refractivity contribution is 9.10. The van der Waals surface area contributed by atoms with Gasteiger partial charge in [0.15, 0.2) is 0 Å². The van der Waals surface area contributed by atoms with Gasteiger partial charge in [0.2, 0.25) is 0 Å². The molecule has 1 atom stereocenters. The van der Waals surface area contributed by atoms with Crippen LogP contribution in [-0.4, -0.2) is 12.2 Å². The van der Waals surface area contributed by atoms with Gasteiger partial charge in [-0.3, -0.25) is 0 Å². The van der Waals surface area contributed by atoms with Gasteiger partial charge in [0, 0.05) is 16.5 Å². The highest BCUT2D eigenvalue weighted by Gasteiger charge is 2.14. The topological polar surface area (TPSA) is 29.5 Å². The van der Waals surface area contributed by atoms with Crippen LogP contribution in [0, 0.1) is 5.82 Å². The Morgan fingerprint density at radius 1 is 1.20 bits per heavy atom. The number of benzene rings is 2. The first-order valence-corrected chi connectivity index (χ1v) is 7.55. The predicted molar refractivity (Wildman–Crippen MR) is 83.5 cm³/mol. The van der Waals surface area contributed by atoms with Crippen molar-refractivity contribution in [1.29, 1.82) is 0 Å². The summed E-state index contributed by atoms with van der Waals surface area (Å²) in [6, 6.07) is 10.1. The van der Waals surface area contributed by atoms with Crippen LogP contribution in [0.5, 0.6) is 5.75 Å². The summed E-state index contributed by atoms with van der Waals surface area (Å²) in [5.41, 5.74) is 1.18. The maximum Gasteiger partial charge on any atom is 0.133 e. The number of halogens is 3. The smallest absolute Gasteiger partial charge is 0.133 e. The summed E-state index contributed by atoms with van der Waals surface area (Å²) in [6.45, 7) is 0. The second-order valence-electron chi connectivity index (χ2n) is 4.35. The van der Waals surface area contributed by atoms with Crippen molar-refractivity contribution in [3.63, 3.8) is 0 Å². The average molecular weight is 404 g/mol. The molecule has 1 unspecified atom stereocenters. The van der Waals surface area contributed by atoms with Gasteiger partial charge in [-0.2, -0.15) is 0 Å². The largest absolute Gasteiger partial charge is 0.496 e. The lowest BCUT2D eigenvalue weighted by molar-refractivity contribution is 0.173. The zero-order valence-corrected chi connectivity index (χ0v) is 13.9. The van der Waals surface area contributed by atoms with Gasteiger partial charge in [0.25, 0.3) is 0 Å². The van der Waals surface area contributed by atoms with E-state index in [1.807, 2.05) is 18.2 Å². The van der Waals surface area contributed by atoms with Crippen LogP contribution in [0.4, 0.5) is 4.39 Å². The van der Waals surface area contributed by atoms with Crippen LogP contribution in [0.25, 0.3) is 0 Å². The lowest BCUT2D eigenvalue weighted by atomic mass is 10.0. The molecule has 0 aliphatic carbocycles. The van der Waals surface area contributed by atoms with Crippen molar-refractivity contribution in [3.05, 3.63) is 62.3 Å². The van der Waals surface area contributed by atoms with E-state index in [0.717, 1.165) is 20.3 Å². The van der Waals surface area contributed by atoms with Crippen LogP contribution in [0.15, 0.2) is 45.3 Å². The van der Waals surface area contributed by atoms with Crippen LogP contribution in [0.1, 0.15) is 17.2 Å². The van der Waals surface area contributed by atoms with E-state index in [1.165, 1.54) is 6.07 Å². The first-order valence-electron chi connectivity index (χ1n) is 5.96. The van der Waals surface area contributed by atoms with Gasteiger partial charge >= 0.3 is 0 Å². The summed E-state index contributed by atoms with van der Waals surface area (Å²) >= 11 is 6.67. The van der Waals surface area contributed by atoms with Gasteiger partial charge in [-0.05, 0) is 51.8 Å². The molecule has 0 aromatic heterocycles. The van der Waals surface area contributed by atoms with E-state index in [9.17, 15) is 9.50 Å². The maximum atomic E-state index is 13.7. The molecule has 2 rings (SSSR count). The molecule has 1 N–H and O–H groups in total. The summed E-state index contributed by atoms with van der Waals surface area (Å²) in [4.78, 5) is 0. The van der Waals surface area contributed by atoms with E-state index < -0.39 is 11.9 Å². The molecule has 0 radical (unpaired) electrons. The third kappa shape index (κ3) is 3.59. The van der Waals surface area contributed by atoms with Gasteiger partial charge in [-0.15, -0.1) is 0 Å². The van der Waals surface area contributed by atoms with E-state index in [0.29, 0.717) is 6.42 Å². The molecule has 2 aromatic rings. The second kappa shape index (κ2) is 6.70. The molecular formula is C15H13Br2FO2. The highest BCUT2D eigenvalue weighted by atomic mass is 79.9. The number of aliphatic hydroxyl groups excluding tert-OH is 1. The molecule has 2 nitrogen and oxygen atoms in total. The van der Waals surface area contributed by atoms with Crippen LogP contribution in [0.2, 0.25) is 0 Å². The molecule has 20 heavy (non-hydrogen) atoms. The normalized spacial score (nSPS) is 12.2. The highest BCUT2D eigenvalue weighted by Crippen LogP contribution is 2.29. The van der Waals surface area contributed by atoms with Crippen molar-refractivity contribution >= 4 is 31.9 Å². The molecular weight excluding hydrogens is 391 g/mol. The lowest BCUT2D eigenvalue weighted by Gasteiger charge is -2.13. The molecule has 2 aromatic carbocycles. The Kier molecular flexibility index (Phi) is 5.18. The summed E-state index contributed by atoms with van der Waals surface area (Å²) in [5, 5.41) is 10.2. The number of rotatable bonds is 4. The molecule has 0 fully saturated rings. The standard InChI is InChI=1S/C15H13Br2FO2/c1-20-15-5-2-9(6-12(15)17)7-14(19)11-8-10(16)3-4-13(11)18/h2-6,8,14,19H,7H2,1H3. The van der Waals surface area contributed by atoms with Crippen LogP contribution in [-0.2, 0) is 6.42 Å². The molecule has 106 valence electrons. The Balaban J connectivity index is 2.21. The zero-order chi connectivity index (χ0) is 14.7. The summed E-state index contributed by atoms with van der Waals surface area (Å²) in [7, 11) is 1.59. The van der Waals surface area contributed by atoms with Gasteiger partial charge in [-0.25, -0.2) is 4.39 Å². The lowest BCUT2D eigenvalue weighted by Crippen LogP contribution is -2.04. The molecule has 0 bridgehead atoms. The first kappa shape index (κ1) is 15.5. The maximum absolute atomic E-state index is 13.7. The minimum Gasteiger partial charge on any atom is -0.496 e. The Morgan fingerprint density at radius 3 is 2.60 bits per heavy atom. The molecule has 0 aliphatic rings. The minimum absolute atomic E-state index is 0.284. The summed E-state index contributed by atoms with van der Waals surface area (Å²) in [5.74, 6) is 0.310. The van der Waals surface area contributed by atoms with Crippen molar-refractivity contribution in [1.82, 2.24) is 0 Å². The molecule has 0 aliphatic heterocycles. The number of methoxy groups -OCH3 is 1. The van der Waals surface area contributed by atoms with Crippen molar-refractivity contribution < 1.29 is 14.2 Å². The van der Waals surface area contributed by atoms with Gasteiger partial charge in [0.05, 0.1) is 17.7 Å². The molecule has 0 amide bonds. The Labute approximate surface area is 133 Å². The molecule has 0 saturated carbocycles. The Bertz CT molecular complexity index is 617. The van der Waals surface area contributed by atoms with Crippen molar-refractivity contribution in [2.45, 2.75) is 12.5 Å². The quantitative estimate of drug-likeness (QED) is 0.805. The fourth-order valence-electron chi connectivity index (χ4n) is 1.94. The third-order valence-electron chi connectivity index (χ3n) is 2.96. The fourth-order valence-corrected chi connectivity index (χ4v) is 2.91. The van der Waals surface area contributed by atoms with E-state index >= 15 is 0 Å². The average Bonchev–Trinajstić information content (AvgIpc) is 2.41. The molecule has 0 spiro atoms. The number of hydrogen-bond acceptors (Lipinski definition) is 2. The molecule has 0 saturated heterocycles. The van der Waals surface area contributed by atoms with E-state index in [1.54, 1.807) is 19.2 Å². The number of hydrogen-bond donors (Lipinski definition) is 1. The summed E-state index contributed by atoms with van der Waals surface area (Å²) in [6.07, 6.45) is -0.566. The van der Waals surface area contributed by atoms with E-state index in [4.69, 9.17) is 4.74 Å². The van der Waals surface area contributed by atoms with Crippen LogP contribution in [0.3, 0.4) is 0 Å². The minimum atomic E-state index is -0.896. The number of aliphatic hydroxyl groups is 1. The Morgan fingerprint density at radius 2 is 1.95 bits per heavy atom. The van der Waals surface area contributed by atoms with Crippen molar-refractivity contribution in [3.8, 4) is 5.75 Å². The van der Waals surface area contributed by atoms with E-state index in [-0.39, 0.29) is 5.56 Å². The van der Waals surface area contributed by atoms with Crippen LogP contribution >= 0.6 is 31.9 Å². The second-order valence-corrected chi connectivity index (χ2v) is 6.12. The third-order valence-corrected chi connectivity index (χ3v) is 4.08.